The molecule has 7 heteroatoms. The van der Waals surface area contributed by atoms with Crippen LogP contribution in [0.25, 0.3) is 0 Å². The molecule has 3 rings (SSSR count). The van der Waals surface area contributed by atoms with Crippen LogP contribution >= 0.6 is 0 Å². The lowest BCUT2D eigenvalue weighted by Gasteiger charge is -2.18. The van der Waals surface area contributed by atoms with Gasteiger partial charge in [0, 0.05) is 36.6 Å². The molecule has 7 nitrogen and oxygen atoms in total. The van der Waals surface area contributed by atoms with Crippen molar-refractivity contribution in [2.45, 2.75) is 32.7 Å². The predicted molar refractivity (Wildman–Crippen MR) is 91.9 cm³/mol. The van der Waals surface area contributed by atoms with E-state index in [2.05, 4.69) is 21.0 Å². The van der Waals surface area contributed by atoms with Gasteiger partial charge < -0.3 is 16.0 Å². The highest BCUT2D eigenvalue weighted by Gasteiger charge is 2.17. The van der Waals surface area contributed by atoms with E-state index in [1.165, 1.54) is 0 Å². The Bertz CT molecular complexity index is 796. The molecule has 1 aliphatic rings. The van der Waals surface area contributed by atoms with Crippen LogP contribution in [0.4, 0.5) is 16.2 Å². The number of nitrogens with zero attached hydrogens (tertiary/aromatic N) is 2. The summed E-state index contributed by atoms with van der Waals surface area (Å²) in [6.45, 7) is 3.84. The van der Waals surface area contributed by atoms with Gasteiger partial charge in [-0.3, -0.25) is 9.48 Å². The van der Waals surface area contributed by atoms with Crippen molar-refractivity contribution in [2.24, 2.45) is 7.05 Å². The van der Waals surface area contributed by atoms with Crippen LogP contribution in [0.3, 0.4) is 0 Å². The fourth-order valence-electron chi connectivity index (χ4n) is 2.95. The lowest BCUT2D eigenvalue weighted by atomic mass is 10.0. The van der Waals surface area contributed by atoms with E-state index in [9.17, 15) is 9.59 Å². The molecule has 3 amide bonds. The number of rotatable bonds is 3. The minimum Gasteiger partial charge on any atom is -0.331 e. The van der Waals surface area contributed by atoms with E-state index < -0.39 is 0 Å². The second kappa shape index (κ2) is 6.35. The number of carbonyl (C=O) groups is 2. The zero-order valence-corrected chi connectivity index (χ0v) is 14.0. The van der Waals surface area contributed by atoms with Gasteiger partial charge >= 0.3 is 6.03 Å². The molecular weight excluding hydrogens is 306 g/mol. The summed E-state index contributed by atoms with van der Waals surface area (Å²) < 4.78 is 1.73. The number of fused-ring (bicyclic) bond motifs is 1. The van der Waals surface area contributed by atoms with E-state index in [1.54, 1.807) is 10.7 Å². The van der Waals surface area contributed by atoms with E-state index in [0.717, 1.165) is 22.5 Å². The summed E-state index contributed by atoms with van der Waals surface area (Å²) in [6, 6.07) is 5.08. The monoisotopic (exact) mass is 327 g/mol. The molecule has 0 saturated heterocycles. The highest BCUT2D eigenvalue weighted by atomic mass is 16.2. The fraction of sp³-hybridized carbons (Fsp3) is 0.353. The molecule has 1 aliphatic heterocycles. The van der Waals surface area contributed by atoms with Gasteiger partial charge in [0.15, 0.2) is 0 Å². The first-order chi connectivity index (χ1) is 11.4. The number of nitrogens with one attached hydrogen (secondary N) is 3. The zero-order valence-electron chi connectivity index (χ0n) is 14.0. The zero-order chi connectivity index (χ0) is 17.3. The molecule has 0 saturated carbocycles. The molecule has 2 aromatic rings. The van der Waals surface area contributed by atoms with Gasteiger partial charge in [0.25, 0.3) is 0 Å². The average molecular weight is 327 g/mol. The van der Waals surface area contributed by atoms with Crippen LogP contribution in [0.2, 0.25) is 0 Å². The van der Waals surface area contributed by atoms with Crippen LogP contribution in [-0.2, 0) is 18.3 Å². The second-order valence-electron chi connectivity index (χ2n) is 6.08. The van der Waals surface area contributed by atoms with E-state index in [0.29, 0.717) is 18.5 Å². The van der Waals surface area contributed by atoms with Gasteiger partial charge in [0.05, 0.1) is 11.7 Å². The van der Waals surface area contributed by atoms with E-state index in [4.69, 9.17) is 0 Å². The minimum atomic E-state index is -0.273. The number of hydrogen-bond donors (Lipinski definition) is 3. The average Bonchev–Trinajstić information content (AvgIpc) is 2.86. The molecule has 0 aliphatic carbocycles. The Morgan fingerprint density at radius 3 is 2.88 bits per heavy atom. The van der Waals surface area contributed by atoms with Gasteiger partial charge in [-0.05, 0) is 44.0 Å². The predicted octanol–water partition coefficient (Wildman–Crippen LogP) is 2.50. The van der Waals surface area contributed by atoms with Crippen molar-refractivity contribution in [3.05, 3.63) is 41.2 Å². The van der Waals surface area contributed by atoms with Gasteiger partial charge in [-0.1, -0.05) is 0 Å². The highest BCUT2D eigenvalue weighted by molar-refractivity contribution is 5.95. The van der Waals surface area contributed by atoms with Gasteiger partial charge in [-0.25, -0.2) is 4.79 Å². The van der Waals surface area contributed by atoms with Crippen molar-refractivity contribution in [1.29, 1.82) is 0 Å². The van der Waals surface area contributed by atoms with Crippen molar-refractivity contribution < 1.29 is 9.59 Å². The Labute approximate surface area is 140 Å². The Morgan fingerprint density at radius 2 is 2.17 bits per heavy atom. The van der Waals surface area contributed by atoms with Crippen LogP contribution in [0.5, 0.6) is 0 Å². The topological polar surface area (TPSA) is 88.1 Å². The molecule has 0 bridgehead atoms. The molecule has 0 fully saturated rings. The summed E-state index contributed by atoms with van der Waals surface area (Å²) in [4.78, 5) is 23.6. The van der Waals surface area contributed by atoms with E-state index in [-0.39, 0.29) is 18.0 Å². The summed E-state index contributed by atoms with van der Waals surface area (Å²) in [5, 5.41) is 12.9. The Balaban J connectivity index is 1.65. The number of benzene rings is 1. The van der Waals surface area contributed by atoms with Crippen LogP contribution in [0.1, 0.15) is 36.2 Å². The van der Waals surface area contributed by atoms with E-state index >= 15 is 0 Å². The van der Waals surface area contributed by atoms with Gasteiger partial charge in [-0.2, -0.15) is 5.10 Å². The third-order valence-electron chi connectivity index (χ3n) is 4.12. The highest BCUT2D eigenvalue weighted by Crippen LogP contribution is 2.25. The minimum absolute atomic E-state index is 0.0293. The van der Waals surface area contributed by atoms with Crippen molar-refractivity contribution >= 4 is 23.3 Å². The Kier molecular flexibility index (Phi) is 4.24. The van der Waals surface area contributed by atoms with Gasteiger partial charge in [0.1, 0.15) is 0 Å². The maximum absolute atomic E-state index is 12.2. The van der Waals surface area contributed by atoms with Gasteiger partial charge in [0.2, 0.25) is 5.91 Å². The van der Waals surface area contributed by atoms with Crippen molar-refractivity contribution in [3.8, 4) is 0 Å². The summed E-state index contributed by atoms with van der Waals surface area (Å²) >= 11 is 0. The molecule has 0 radical (unpaired) electrons. The second-order valence-corrected chi connectivity index (χ2v) is 6.08. The molecule has 1 aromatic heterocycles. The number of carbonyl (C=O) groups excluding carboxylic acids is 2. The Hall–Kier alpha value is -2.83. The molecule has 126 valence electrons. The largest absolute Gasteiger partial charge is 0.331 e. The normalized spacial score (nSPS) is 14.5. The molecule has 2 heterocycles. The summed E-state index contributed by atoms with van der Waals surface area (Å²) in [5.41, 5.74) is 4.44. The smallest absolute Gasteiger partial charge is 0.319 e. The van der Waals surface area contributed by atoms with Crippen LogP contribution in [-0.4, -0.2) is 21.7 Å². The third-order valence-corrected chi connectivity index (χ3v) is 4.12. The molecule has 0 spiro atoms. The number of aromatic nitrogens is 2. The molecule has 1 aromatic carbocycles. The summed E-state index contributed by atoms with van der Waals surface area (Å²) in [5.74, 6) is 0.0293. The van der Waals surface area contributed by atoms with Gasteiger partial charge in [-0.15, -0.1) is 0 Å². The number of hydrogen-bond acceptors (Lipinski definition) is 3. The number of anilines is 2. The Morgan fingerprint density at radius 1 is 1.38 bits per heavy atom. The van der Waals surface area contributed by atoms with Crippen LogP contribution < -0.4 is 16.0 Å². The molecule has 1 unspecified atom stereocenters. The summed E-state index contributed by atoms with van der Waals surface area (Å²) in [6.07, 6.45) is 3.06. The number of aryl methyl sites for hydroxylation is 3. The quantitative estimate of drug-likeness (QED) is 0.809. The molecule has 24 heavy (non-hydrogen) atoms. The molecule has 3 N–H and O–H groups in total. The van der Waals surface area contributed by atoms with Crippen molar-refractivity contribution in [1.82, 2.24) is 15.1 Å². The van der Waals surface area contributed by atoms with Crippen molar-refractivity contribution in [3.63, 3.8) is 0 Å². The molecular formula is C17H21N5O2. The fourth-order valence-corrected chi connectivity index (χ4v) is 2.95. The molecule has 1 atom stereocenters. The number of urea groups is 1. The first kappa shape index (κ1) is 16.0. The summed E-state index contributed by atoms with van der Waals surface area (Å²) in [7, 11) is 1.86. The first-order valence-electron chi connectivity index (χ1n) is 7.93. The lowest BCUT2D eigenvalue weighted by molar-refractivity contribution is -0.116. The van der Waals surface area contributed by atoms with Crippen LogP contribution in [0, 0.1) is 6.92 Å². The number of amides is 3. The van der Waals surface area contributed by atoms with Crippen molar-refractivity contribution in [2.75, 3.05) is 10.6 Å². The maximum atomic E-state index is 12.2. The standard InChI is InChI=1S/C17H21N5O2/c1-10(14-9-22(3)21-11(14)2)18-17(24)19-13-5-6-15-12(8-13)4-7-16(23)20-15/h5-6,8-10H,4,7H2,1-3H3,(H,20,23)(H2,18,19,24). The maximum Gasteiger partial charge on any atom is 0.319 e. The third kappa shape index (κ3) is 3.40. The van der Waals surface area contributed by atoms with E-state index in [1.807, 2.05) is 39.2 Å². The lowest BCUT2D eigenvalue weighted by Crippen LogP contribution is -2.31. The van der Waals surface area contributed by atoms with Crippen LogP contribution in [0.15, 0.2) is 24.4 Å². The SMILES string of the molecule is Cc1nn(C)cc1C(C)NC(=O)Nc1ccc2c(c1)CCC(=O)N2. The first-order valence-corrected chi connectivity index (χ1v) is 7.93.